The second-order valence-electron chi connectivity index (χ2n) is 6.00. The van der Waals surface area contributed by atoms with Crippen molar-refractivity contribution >= 4 is 5.91 Å². The van der Waals surface area contributed by atoms with Gasteiger partial charge in [-0.2, -0.15) is 0 Å². The molecule has 0 aromatic heterocycles. The van der Waals surface area contributed by atoms with Gasteiger partial charge in [0.05, 0.1) is 0 Å². The predicted molar refractivity (Wildman–Crippen MR) is 69.3 cm³/mol. The van der Waals surface area contributed by atoms with Gasteiger partial charge in [-0.25, -0.2) is 5.01 Å². The molecular weight excluding hydrogens is 216 g/mol. The summed E-state index contributed by atoms with van der Waals surface area (Å²) in [6, 6.07) is -0.102. The van der Waals surface area contributed by atoms with Crippen LogP contribution in [0.5, 0.6) is 0 Å². The fourth-order valence-electron chi connectivity index (χ4n) is 1.65. The van der Waals surface area contributed by atoms with Crippen LogP contribution in [0, 0.1) is 5.41 Å². The van der Waals surface area contributed by atoms with Crippen molar-refractivity contribution in [1.29, 1.82) is 0 Å². The number of hydrogen-bond acceptors (Lipinski definition) is 4. The second-order valence-corrected chi connectivity index (χ2v) is 6.00. The van der Waals surface area contributed by atoms with E-state index < -0.39 is 0 Å². The van der Waals surface area contributed by atoms with E-state index in [1.807, 2.05) is 5.01 Å². The van der Waals surface area contributed by atoms with Crippen LogP contribution in [-0.2, 0) is 4.79 Å². The molecule has 1 aliphatic rings. The Labute approximate surface area is 104 Å². The Kier molecular flexibility index (Phi) is 4.91. The molecule has 1 amide bonds. The first kappa shape index (κ1) is 14.4. The maximum absolute atomic E-state index is 11.8. The van der Waals surface area contributed by atoms with Gasteiger partial charge in [0.25, 0.3) is 0 Å². The Balaban J connectivity index is 2.30. The number of nitrogens with one attached hydrogen (secondary N) is 1. The minimum Gasteiger partial charge on any atom is -0.327 e. The molecule has 0 aromatic rings. The average Bonchev–Trinajstić information content (AvgIpc) is 2.20. The first-order valence-electron chi connectivity index (χ1n) is 6.27. The Morgan fingerprint density at radius 1 is 1.29 bits per heavy atom. The molecule has 0 aliphatic carbocycles. The first-order chi connectivity index (χ1) is 7.79. The van der Waals surface area contributed by atoms with Gasteiger partial charge in [0.2, 0.25) is 5.91 Å². The van der Waals surface area contributed by atoms with Crippen LogP contribution in [0.25, 0.3) is 0 Å². The maximum Gasteiger partial charge on any atom is 0.235 e. The third-order valence-electron chi connectivity index (χ3n) is 3.30. The maximum atomic E-state index is 11.8. The molecule has 1 fully saturated rings. The highest BCUT2D eigenvalue weighted by atomic mass is 16.2. The lowest BCUT2D eigenvalue weighted by Gasteiger charge is -2.33. The quantitative estimate of drug-likeness (QED) is 0.733. The fraction of sp³-hybridized carbons (Fsp3) is 0.917. The summed E-state index contributed by atoms with van der Waals surface area (Å²) < 4.78 is 0. The van der Waals surface area contributed by atoms with Gasteiger partial charge < -0.3 is 10.6 Å². The molecule has 5 nitrogen and oxygen atoms in total. The molecule has 1 heterocycles. The third-order valence-corrected chi connectivity index (χ3v) is 3.30. The van der Waals surface area contributed by atoms with Crippen molar-refractivity contribution in [2.75, 3.05) is 33.2 Å². The molecule has 17 heavy (non-hydrogen) atoms. The van der Waals surface area contributed by atoms with Gasteiger partial charge >= 0.3 is 0 Å². The number of nitrogens with two attached hydrogens (primary N) is 1. The molecule has 1 saturated heterocycles. The number of hydrogen-bond donors (Lipinski definition) is 2. The Morgan fingerprint density at radius 2 is 1.82 bits per heavy atom. The van der Waals surface area contributed by atoms with Crippen LogP contribution in [0.15, 0.2) is 0 Å². The fourth-order valence-corrected chi connectivity index (χ4v) is 1.65. The van der Waals surface area contributed by atoms with E-state index in [1.165, 1.54) is 0 Å². The molecular formula is C12H26N4O. The van der Waals surface area contributed by atoms with E-state index in [1.54, 1.807) is 0 Å². The lowest BCUT2D eigenvalue weighted by atomic mass is 9.85. The molecule has 0 bridgehead atoms. The molecule has 3 N–H and O–H groups in total. The summed E-state index contributed by atoms with van der Waals surface area (Å²) in [6.45, 7) is 9.92. The van der Waals surface area contributed by atoms with Gasteiger partial charge in [-0.05, 0) is 12.5 Å². The van der Waals surface area contributed by atoms with Crippen LogP contribution in [0.2, 0.25) is 0 Å². The highest BCUT2D eigenvalue weighted by Gasteiger charge is 2.24. The van der Waals surface area contributed by atoms with E-state index in [4.69, 9.17) is 5.73 Å². The van der Waals surface area contributed by atoms with E-state index in [0.717, 1.165) is 26.2 Å². The standard InChI is InChI=1S/C12H26N4O/c1-12(2,3)10(13)9-11(17)14-16-7-5-15(4)6-8-16/h10H,5-9,13H2,1-4H3,(H,14,17). The molecule has 0 aromatic carbocycles. The Morgan fingerprint density at radius 3 is 2.29 bits per heavy atom. The molecule has 0 saturated carbocycles. The van der Waals surface area contributed by atoms with Crippen molar-refractivity contribution in [3.05, 3.63) is 0 Å². The van der Waals surface area contributed by atoms with Gasteiger partial charge in [-0.15, -0.1) is 0 Å². The number of likely N-dealkylation sites (N-methyl/N-ethyl adjacent to an activating group) is 1. The van der Waals surface area contributed by atoms with E-state index in [2.05, 4.69) is 38.1 Å². The topological polar surface area (TPSA) is 61.6 Å². The van der Waals surface area contributed by atoms with Gasteiger partial charge in [0, 0.05) is 38.6 Å². The second kappa shape index (κ2) is 5.80. The van der Waals surface area contributed by atoms with Crippen molar-refractivity contribution in [2.24, 2.45) is 11.1 Å². The molecule has 1 aliphatic heterocycles. The number of nitrogens with zero attached hydrogens (tertiary/aromatic N) is 2. The summed E-state index contributed by atoms with van der Waals surface area (Å²) in [7, 11) is 2.09. The smallest absolute Gasteiger partial charge is 0.235 e. The van der Waals surface area contributed by atoms with Crippen molar-refractivity contribution in [2.45, 2.75) is 33.2 Å². The van der Waals surface area contributed by atoms with Crippen molar-refractivity contribution < 1.29 is 4.79 Å². The number of piperazine rings is 1. The number of hydrazine groups is 1. The summed E-state index contributed by atoms with van der Waals surface area (Å²) in [5.74, 6) is 0.0250. The van der Waals surface area contributed by atoms with E-state index in [-0.39, 0.29) is 17.4 Å². The van der Waals surface area contributed by atoms with Crippen molar-refractivity contribution in [3.8, 4) is 0 Å². The molecule has 0 spiro atoms. The zero-order valence-corrected chi connectivity index (χ0v) is 11.5. The highest BCUT2D eigenvalue weighted by molar-refractivity contribution is 5.76. The summed E-state index contributed by atoms with van der Waals surface area (Å²) >= 11 is 0. The molecule has 1 unspecified atom stereocenters. The lowest BCUT2D eigenvalue weighted by Crippen LogP contribution is -2.53. The monoisotopic (exact) mass is 242 g/mol. The summed E-state index contributed by atoms with van der Waals surface area (Å²) in [5, 5.41) is 1.98. The van der Waals surface area contributed by atoms with Crippen LogP contribution in [0.3, 0.4) is 0 Å². The predicted octanol–water partition coefficient (Wildman–Crippen LogP) is 0.0285. The molecule has 1 atom stereocenters. The van der Waals surface area contributed by atoms with Crippen molar-refractivity contribution in [3.63, 3.8) is 0 Å². The zero-order chi connectivity index (χ0) is 13.1. The van der Waals surface area contributed by atoms with Crippen LogP contribution >= 0.6 is 0 Å². The molecule has 0 radical (unpaired) electrons. The van der Waals surface area contributed by atoms with Gasteiger partial charge in [0.15, 0.2) is 0 Å². The summed E-state index contributed by atoms with van der Waals surface area (Å²) in [5.41, 5.74) is 8.89. The van der Waals surface area contributed by atoms with E-state index in [9.17, 15) is 4.79 Å². The van der Waals surface area contributed by atoms with Gasteiger partial charge in [-0.1, -0.05) is 20.8 Å². The molecule has 100 valence electrons. The summed E-state index contributed by atoms with van der Waals surface area (Å²) in [6.07, 6.45) is 0.385. The normalized spacial score (nSPS) is 21.2. The van der Waals surface area contributed by atoms with E-state index >= 15 is 0 Å². The first-order valence-corrected chi connectivity index (χ1v) is 6.27. The average molecular weight is 242 g/mol. The van der Waals surface area contributed by atoms with Crippen LogP contribution < -0.4 is 11.2 Å². The number of rotatable bonds is 3. The molecule has 5 heteroatoms. The number of amides is 1. The van der Waals surface area contributed by atoms with Gasteiger partial charge in [0.1, 0.15) is 0 Å². The van der Waals surface area contributed by atoms with Crippen molar-refractivity contribution in [1.82, 2.24) is 15.3 Å². The van der Waals surface area contributed by atoms with E-state index in [0.29, 0.717) is 6.42 Å². The summed E-state index contributed by atoms with van der Waals surface area (Å²) in [4.78, 5) is 14.1. The Bertz CT molecular complexity index is 254. The minimum absolute atomic E-state index is 0.0250. The van der Waals surface area contributed by atoms with Crippen LogP contribution in [0.1, 0.15) is 27.2 Å². The highest BCUT2D eigenvalue weighted by Crippen LogP contribution is 2.19. The third kappa shape index (κ3) is 5.02. The van der Waals surface area contributed by atoms with Crippen LogP contribution in [-0.4, -0.2) is 55.1 Å². The Hall–Kier alpha value is -0.650. The zero-order valence-electron chi connectivity index (χ0n) is 11.5. The SMILES string of the molecule is CN1CCN(NC(=O)CC(N)C(C)(C)C)CC1. The lowest BCUT2D eigenvalue weighted by molar-refractivity contribution is -0.127. The number of carbonyl (C=O) groups is 1. The molecule has 1 rings (SSSR count). The van der Waals surface area contributed by atoms with Gasteiger partial charge in [-0.3, -0.25) is 10.2 Å². The largest absolute Gasteiger partial charge is 0.327 e. The minimum atomic E-state index is -0.102. The number of carbonyl (C=O) groups excluding carboxylic acids is 1. The van der Waals surface area contributed by atoms with Crippen LogP contribution in [0.4, 0.5) is 0 Å².